The van der Waals surface area contributed by atoms with E-state index in [1.165, 1.54) is 76.3 Å². The summed E-state index contributed by atoms with van der Waals surface area (Å²) >= 11 is 5.49. The minimum atomic E-state index is -4.46. The Kier molecular flexibility index (Phi) is 13.6. The summed E-state index contributed by atoms with van der Waals surface area (Å²) in [7, 11) is -4.46. The number of fused-ring (bicyclic) bond motifs is 1. The van der Waals surface area contributed by atoms with Crippen molar-refractivity contribution in [1.82, 2.24) is 9.97 Å². The molecule has 2 rings (SSSR count). The number of aromatic nitrogens is 2. The van der Waals surface area contributed by atoms with E-state index in [1.807, 2.05) is 0 Å². The summed E-state index contributed by atoms with van der Waals surface area (Å²) < 4.78 is 33.4. The first-order chi connectivity index (χ1) is 13.9. The fourth-order valence-electron chi connectivity index (χ4n) is 3.54. The number of H-pyrrole nitrogens is 1. The van der Waals surface area contributed by atoms with Crippen LogP contribution < -0.4 is 29.6 Å². The summed E-state index contributed by atoms with van der Waals surface area (Å²) in [6.45, 7) is 2.25. The van der Waals surface area contributed by atoms with E-state index in [-0.39, 0.29) is 34.5 Å². The number of thiocarbonyl (C=S) groups is 1. The van der Waals surface area contributed by atoms with E-state index >= 15 is 0 Å². The first-order valence-electron chi connectivity index (χ1n) is 10.9. The van der Waals surface area contributed by atoms with Gasteiger partial charge >= 0.3 is 29.6 Å². The third kappa shape index (κ3) is 10.3. The maximum absolute atomic E-state index is 11.1. The average molecular weight is 461 g/mol. The van der Waals surface area contributed by atoms with E-state index < -0.39 is 10.1 Å². The Hall–Kier alpha value is -0.310. The average Bonchev–Trinajstić information content (AvgIpc) is 3.06. The van der Waals surface area contributed by atoms with E-state index in [0.717, 1.165) is 17.7 Å². The van der Waals surface area contributed by atoms with Gasteiger partial charge in [0.15, 0.2) is 0 Å². The predicted molar refractivity (Wildman–Crippen MR) is 121 cm³/mol. The van der Waals surface area contributed by atoms with Crippen molar-refractivity contribution in [2.24, 2.45) is 0 Å². The van der Waals surface area contributed by atoms with Crippen LogP contribution in [0.5, 0.6) is 0 Å². The van der Waals surface area contributed by atoms with Crippen molar-refractivity contribution in [2.45, 2.75) is 95.3 Å². The Balaban J connectivity index is 0.00000450. The molecule has 0 atom stereocenters. The number of hydrogen-bond donors (Lipinski definition) is 1. The molecule has 0 aliphatic rings. The van der Waals surface area contributed by atoms with Crippen LogP contribution in [0.3, 0.4) is 0 Å². The zero-order chi connectivity index (χ0) is 21.1. The van der Waals surface area contributed by atoms with Gasteiger partial charge in [-0.2, -0.15) is 0 Å². The zero-order valence-electron chi connectivity index (χ0n) is 18.4. The van der Waals surface area contributed by atoms with Gasteiger partial charge in [0.05, 0.1) is 15.9 Å². The normalized spacial score (nSPS) is 11.5. The van der Waals surface area contributed by atoms with Crippen molar-refractivity contribution in [2.75, 3.05) is 0 Å². The Morgan fingerprint density at radius 3 is 2.13 bits per heavy atom. The molecular formula is C22H33N2NaO3S2. The zero-order valence-corrected chi connectivity index (χ0v) is 22.0. The molecule has 30 heavy (non-hydrogen) atoms. The molecule has 0 aliphatic heterocycles. The van der Waals surface area contributed by atoms with E-state index in [9.17, 15) is 13.0 Å². The fraction of sp³-hybridized carbons (Fsp3) is 0.636. The van der Waals surface area contributed by atoms with Crippen molar-refractivity contribution in [3.8, 4) is 0 Å². The Bertz CT molecular complexity index is 882. The number of hydrogen-bond acceptors (Lipinski definition) is 5. The second kappa shape index (κ2) is 14.7. The first-order valence-corrected chi connectivity index (χ1v) is 12.7. The van der Waals surface area contributed by atoms with Crippen molar-refractivity contribution < 1.29 is 42.5 Å². The third-order valence-corrected chi connectivity index (χ3v) is 6.39. The summed E-state index contributed by atoms with van der Waals surface area (Å²) in [4.78, 5) is 8.23. The minimum absolute atomic E-state index is 0. The van der Waals surface area contributed by atoms with Crippen LogP contribution in [0, 0.1) is 0 Å². The van der Waals surface area contributed by atoms with Gasteiger partial charge in [0.25, 0.3) is 0 Å². The molecule has 8 heteroatoms. The molecule has 5 nitrogen and oxygen atoms in total. The molecule has 2 aromatic rings. The van der Waals surface area contributed by atoms with Gasteiger partial charge in [0.2, 0.25) is 0 Å². The van der Waals surface area contributed by atoms with Crippen molar-refractivity contribution >= 4 is 38.2 Å². The largest absolute Gasteiger partial charge is 1.00 e. The molecule has 1 N–H and O–H groups in total. The van der Waals surface area contributed by atoms with Gasteiger partial charge in [0, 0.05) is 11.3 Å². The van der Waals surface area contributed by atoms with E-state index in [4.69, 9.17) is 12.2 Å². The van der Waals surface area contributed by atoms with E-state index in [1.54, 1.807) is 6.07 Å². The molecule has 1 heterocycles. The van der Waals surface area contributed by atoms with Gasteiger partial charge in [-0.25, -0.2) is 13.4 Å². The Labute approximate surface area is 208 Å². The summed E-state index contributed by atoms with van der Waals surface area (Å²) in [5.41, 5.74) is 1.19. The molecule has 0 bridgehead atoms. The van der Waals surface area contributed by atoms with Gasteiger partial charge in [0.1, 0.15) is 15.9 Å². The standard InChI is InChI=1S/C22H34N2O3S2.Na/c1-2-3-4-5-6-7-8-9-10-11-12-13-18(28)16-22-23-20-15-14-19(29(25,26)27)17-21(20)24-22;/h14-15,17H,2-13,16H2,1H3,(H,23,24)(H,25,26,27);/q;+1/p-1. The summed E-state index contributed by atoms with van der Waals surface area (Å²) in [5.74, 6) is 0.716. The van der Waals surface area contributed by atoms with Crippen LogP contribution in [0.2, 0.25) is 0 Å². The summed E-state index contributed by atoms with van der Waals surface area (Å²) in [6, 6.07) is 4.17. The van der Waals surface area contributed by atoms with Crippen LogP contribution in [0.4, 0.5) is 0 Å². The van der Waals surface area contributed by atoms with Gasteiger partial charge in [-0.1, -0.05) is 83.3 Å². The smallest absolute Gasteiger partial charge is 0.744 e. The topological polar surface area (TPSA) is 85.9 Å². The monoisotopic (exact) mass is 460 g/mol. The van der Waals surface area contributed by atoms with Crippen molar-refractivity contribution in [3.05, 3.63) is 24.0 Å². The fourth-order valence-corrected chi connectivity index (χ4v) is 4.32. The number of nitrogens with one attached hydrogen (secondary N) is 1. The molecule has 0 aliphatic carbocycles. The van der Waals surface area contributed by atoms with E-state index in [2.05, 4.69) is 16.9 Å². The molecule has 1 aromatic carbocycles. The van der Waals surface area contributed by atoms with Gasteiger partial charge in [-0.3, -0.25) is 0 Å². The first kappa shape index (κ1) is 27.7. The van der Waals surface area contributed by atoms with Crippen LogP contribution in [-0.2, 0) is 16.5 Å². The van der Waals surface area contributed by atoms with Crippen LogP contribution in [-0.4, -0.2) is 27.8 Å². The molecule has 0 amide bonds. The molecule has 162 valence electrons. The molecule has 1 aromatic heterocycles. The second-order valence-electron chi connectivity index (χ2n) is 7.82. The molecule has 0 radical (unpaired) electrons. The van der Waals surface area contributed by atoms with Gasteiger partial charge < -0.3 is 9.54 Å². The van der Waals surface area contributed by atoms with E-state index in [0.29, 0.717) is 23.3 Å². The summed E-state index contributed by atoms with van der Waals surface area (Å²) in [5, 5.41) is 0. The third-order valence-electron chi connectivity index (χ3n) is 5.21. The van der Waals surface area contributed by atoms with Gasteiger partial charge in [-0.15, -0.1) is 0 Å². The Morgan fingerprint density at radius 2 is 1.57 bits per heavy atom. The van der Waals surface area contributed by atoms with Crippen molar-refractivity contribution in [1.29, 1.82) is 0 Å². The maximum atomic E-state index is 11.1. The summed E-state index contributed by atoms with van der Waals surface area (Å²) in [6.07, 6.45) is 15.9. The SMILES string of the molecule is CCCCCCCCCCCCCC(=S)Cc1nc2ccc(S(=O)(=O)[O-])cc2[nH]1.[Na+]. The number of nitrogens with zero attached hydrogens (tertiary/aromatic N) is 1. The molecular weight excluding hydrogens is 427 g/mol. The molecule has 0 unspecified atom stereocenters. The minimum Gasteiger partial charge on any atom is -0.744 e. The van der Waals surface area contributed by atoms with Crippen LogP contribution in [0.25, 0.3) is 11.0 Å². The van der Waals surface area contributed by atoms with Crippen LogP contribution in [0.1, 0.15) is 89.8 Å². The number of benzene rings is 1. The number of aromatic amines is 1. The molecule has 0 fully saturated rings. The number of unbranched alkanes of at least 4 members (excludes halogenated alkanes) is 10. The van der Waals surface area contributed by atoms with Gasteiger partial charge in [-0.05, 0) is 31.0 Å². The quantitative estimate of drug-likeness (QED) is 0.191. The van der Waals surface area contributed by atoms with Crippen LogP contribution in [0.15, 0.2) is 23.1 Å². The number of rotatable bonds is 15. The predicted octanol–water partition coefficient (Wildman–Crippen LogP) is 3.08. The Morgan fingerprint density at radius 1 is 1.00 bits per heavy atom. The number of imidazole rings is 1. The van der Waals surface area contributed by atoms with Crippen LogP contribution >= 0.6 is 12.2 Å². The second-order valence-corrected chi connectivity index (χ2v) is 9.77. The molecule has 0 saturated heterocycles. The van der Waals surface area contributed by atoms with Crippen molar-refractivity contribution in [3.63, 3.8) is 0 Å². The molecule has 0 saturated carbocycles. The molecule has 0 spiro atoms. The maximum Gasteiger partial charge on any atom is 1.00 e.